The lowest BCUT2D eigenvalue weighted by Gasteiger charge is -2.53. The topological polar surface area (TPSA) is 95.9 Å². The van der Waals surface area contributed by atoms with E-state index in [2.05, 4.69) is 38.8 Å². The van der Waals surface area contributed by atoms with Gasteiger partial charge in [0.05, 0.1) is 5.52 Å². The maximum Gasteiger partial charge on any atom is 0.275 e. The van der Waals surface area contributed by atoms with Crippen LogP contribution in [0.3, 0.4) is 0 Å². The molecule has 3 heterocycles. The van der Waals surface area contributed by atoms with Crippen molar-refractivity contribution in [2.75, 3.05) is 13.1 Å². The molecule has 2 N–H and O–H groups in total. The van der Waals surface area contributed by atoms with Crippen molar-refractivity contribution >= 4 is 22.7 Å². The maximum absolute atomic E-state index is 13.3. The molecule has 2 amide bonds. The number of likely N-dealkylation sites (tertiary alicyclic amines) is 1. The highest BCUT2D eigenvalue weighted by molar-refractivity contribution is 6.05. The number of benzene rings is 2. The number of hydrogen-bond acceptors (Lipinski definition) is 4. The third-order valence-corrected chi connectivity index (χ3v) is 7.91. The molecular weight excluding hydrogens is 452 g/mol. The molecule has 8 heteroatoms. The van der Waals surface area contributed by atoms with Crippen molar-refractivity contribution in [2.45, 2.75) is 44.7 Å². The lowest BCUT2D eigenvalue weighted by atomic mass is 9.67. The van der Waals surface area contributed by atoms with Gasteiger partial charge in [0.2, 0.25) is 5.91 Å². The Labute approximate surface area is 209 Å². The molecule has 1 spiro atoms. The quantitative estimate of drug-likeness (QED) is 0.446. The van der Waals surface area contributed by atoms with Gasteiger partial charge >= 0.3 is 0 Å². The highest BCUT2D eigenvalue weighted by Crippen LogP contribution is 2.44. The number of hydrogen-bond donors (Lipinski definition) is 2. The number of rotatable bonds is 5. The number of amides is 2. The molecule has 6 rings (SSSR count). The molecule has 0 radical (unpaired) electrons. The van der Waals surface area contributed by atoms with Crippen molar-refractivity contribution < 1.29 is 9.59 Å². The maximum atomic E-state index is 13.3. The monoisotopic (exact) mass is 482 g/mol. The molecule has 2 fully saturated rings. The highest BCUT2D eigenvalue weighted by atomic mass is 16.2. The van der Waals surface area contributed by atoms with Crippen LogP contribution in [0.2, 0.25) is 0 Å². The molecule has 0 bridgehead atoms. The fraction of sp³-hybridized carbons (Fsp3) is 0.357. The molecule has 4 aromatic rings. The summed E-state index contributed by atoms with van der Waals surface area (Å²) < 4.78 is 1.68. The van der Waals surface area contributed by atoms with Gasteiger partial charge in [-0.2, -0.15) is 10.2 Å². The molecule has 36 heavy (non-hydrogen) atoms. The summed E-state index contributed by atoms with van der Waals surface area (Å²) in [4.78, 5) is 27.8. The van der Waals surface area contributed by atoms with Gasteiger partial charge in [0, 0.05) is 42.3 Å². The van der Waals surface area contributed by atoms with E-state index in [-0.39, 0.29) is 29.3 Å². The van der Waals surface area contributed by atoms with Crippen LogP contribution in [0.4, 0.5) is 0 Å². The Morgan fingerprint density at radius 2 is 1.83 bits per heavy atom. The lowest BCUT2D eigenvalue weighted by Crippen LogP contribution is -2.60. The van der Waals surface area contributed by atoms with Crippen molar-refractivity contribution in [3.05, 3.63) is 72.7 Å². The zero-order valence-corrected chi connectivity index (χ0v) is 20.4. The van der Waals surface area contributed by atoms with E-state index in [4.69, 9.17) is 0 Å². The van der Waals surface area contributed by atoms with Crippen molar-refractivity contribution in [3.63, 3.8) is 0 Å². The average molecular weight is 483 g/mol. The van der Waals surface area contributed by atoms with E-state index >= 15 is 0 Å². The fourth-order valence-corrected chi connectivity index (χ4v) is 5.69. The summed E-state index contributed by atoms with van der Waals surface area (Å²) in [6.45, 7) is 3.38. The number of carbonyl (C=O) groups is 2. The number of aromatic nitrogens is 4. The van der Waals surface area contributed by atoms with Crippen LogP contribution in [0.25, 0.3) is 22.0 Å². The van der Waals surface area contributed by atoms with Gasteiger partial charge in [0.25, 0.3) is 5.91 Å². The molecule has 2 aromatic carbocycles. The molecule has 1 aliphatic heterocycles. The van der Waals surface area contributed by atoms with Gasteiger partial charge in [-0.25, -0.2) is 0 Å². The average Bonchev–Trinajstić information content (AvgIpc) is 3.58. The third-order valence-electron chi connectivity index (χ3n) is 7.91. The van der Waals surface area contributed by atoms with Gasteiger partial charge in [-0.1, -0.05) is 36.4 Å². The molecule has 1 atom stereocenters. The molecule has 2 aliphatic rings. The number of carbonyl (C=O) groups excluding carboxylic acids is 2. The zero-order valence-electron chi connectivity index (χ0n) is 20.4. The second-order valence-corrected chi connectivity index (χ2v) is 10.3. The summed E-state index contributed by atoms with van der Waals surface area (Å²) in [7, 11) is 0. The molecule has 1 saturated carbocycles. The van der Waals surface area contributed by atoms with Crippen LogP contribution in [0.15, 0.2) is 67.0 Å². The first-order chi connectivity index (χ1) is 17.5. The Kier molecular flexibility index (Phi) is 5.59. The number of H-pyrrole nitrogens is 1. The molecule has 8 nitrogen and oxygen atoms in total. The Hall–Kier alpha value is -3.94. The second-order valence-electron chi connectivity index (χ2n) is 10.3. The molecular formula is C28H30N6O2. The standard InChI is InChI=1S/C28H30N6O2/c1-19(34-15-5-14-29-34)26(35)30-22-10-12-28(13-11-22)17-33(18-28)27(36)25-23-9-8-21(16-24(23)31-32-25)20-6-3-2-4-7-20/h2-9,14-16,19,22H,10-13,17-18H2,1H3,(H,30,35)(H,31,32). The first-order valence-corrected chi connectivity index (χ1v) is 12.6. The number of nitrogens with zero attached hydrogens (tertiary/aromatic N) is 4. The first kappa shape index (κ1) is 22.5. The largest absolute Gasteiger partial charge is 0.352 e. The highest BCUT2D eigenvalue weighted by Gasteiger charge is 2.47. The van der Waals surface area contributed by atoms with E-state index < -0.39 is 0 Å². The van der Waals surface area contributed by atoms with Crippen molar-refractivity contribution in [1.82, 2.24) is 30.2 Å². The summed E-state index contributed by atoms with van der Waals surface area (Å²) in [6.07, 6.45) is 7.40. The lowest BCUT2D eigenvalue weighted by molar-refractivity contribution is -0.125. The predicted molar refractivity (Wildman–Crippen MR) is 137 cm³/mol. The van der Waals surface area contributed by atoms with Crippen molar-refractivity contribution in [1.29, 1.82) is 0 Å². The van der Waals surface area contributed by atoms with E-state index in [1.54, 1.807) is 10.9 Å². The van der Waals surface area contributed by atoms with E-state index in [9.17, 15) is 9.59 Å². The molecule has 2 aromatic heterocycles. The van der Waals surface area contributed by atoms with Gasteiger partial charge in [-0.15, -0.1) is 0 Å². The van der Waals surface area contributed by atoms with Crippen LogP contribution in [0.1, 0.15) is 49.1 Å². The number of fused-ring (bicyclic) bond motifs is 1. The molecule has 1 saturated heterocycles. The Balaban J connectivity index is 1.05. The molecule has 1 unspecified atom stereocenters. The van der Waals surface area contributed by atoms with Crippen LogP contribution in [0.5, 0.6) is 0 Å². The Morgan fingerprint density at radius 1 is 1.06 bits per heavy atom. The van der Waals surface area contributed by atoms with E-state index in [1.165, 1.54) is 0 Å². The van der Waals surface area contributed by atoms with Gasteiger partial charge in [-0.3, -0.25) is 19.4 Å². The smallest absolute Gasteiger partial charge is 0.275 e. The Bertz CT molecular complexity index is 1380. The summed E-state index contributed by atoms with van der Waals surface area (Å²) in [6, 6.07) is 18.0. The van der Waals surface area contributed by atoms with Crippen LogP contribution in [0, 0.1) is 5.41 Å². The van der Waals surface area contributed by atoms with Gasteiger partial charge in [0.1, 0.15) is 6.04 Å². The van der Waals surface area contributed by atoms with E-state index in [1.807, 2.05) is 54.4 Å². The van der Waals surface area contributed by atoms with Crippen LogP contribution >= 0.6 is 0 Å². The summed E-state index contributed by atoms with van der Waals surface area (Å²) >= 11 is 0. The van der Waals surface area contributed by atoms with Gasteiger partial charge in [-0.05, 0) is 61.9 Å². The summed E-state index contributed by atoms with van der Waals surface area (Å²) in [5.74, 6) is -0.00583. The zero-order chi connectivity index (χ0) is 24.7. The molecule has 184 valence electrons. The minimum Gasteiger partial charge on any atom is -0.352 e. The first-order valence-electron chi connectivity index (χ1n) is 12.6. The molecule has 1 aliphatic carbocycles. The summed E-state index contributed by atoms with van der Waals surface area (Å²) in [5.41, 5.74) is 3.76. The fourth-order valence-electron chi connectivity index (χ4n) is 5.69. The second kappa shape index (κ2) is 8.93. The minimum absolute atomic E-state index is 0.00546. The predicted octanol–water partition coefficient (Wildman–Crippen LogP) is 4.19. The van der Waals surface area contributed by atoms with Crippen LogP contribution in [-0.4, -0.2) is 55.8 Å². The van der Waals surface area contributed by atoms with Crippen molar-refractivity contribution in [2.24, 2.45) is 5.41 Å². The van der Waals surface area contributed by atoms with Crippen LogP contribution in [-0.2, 0) is 4.79 Å². The van der Waals surface area contributed by atoms with Gasteiger partial charge < -0.3 is 10.2 Å². The Morgan fingerprint density at radius 3 is 2.56 bits per heavy atom. The summed E-state index contributed by atoms with van der Waals surface area (Å²) in [5, 5.41) is 15.7. The normalized spacial score (nSPS) is 18.2. The number of aromatic amines is 1. The van der Waals surface area contributed by atoms with Crippen LogP contribution < -0.4 is 5.32 Å². The van der Waals surface area contributed by atoms with E-state index in [0.29, 0.717) is 5.69 Å². The van der Waals surface area contributed by atoms with Crippen molar-refractivity contribution in [3.8, 4) is 11.1 Å². The number of nitrogens with one attached hydrogen (secondary N) is 2. The van der Waals surface area contributed by atoms with Gasteiger partial charge in [0.15, 0.2) is 5.69 Å². The minimum atomic E-state index is -0.319. The van der Waals surface area contributed by atoms with E-state index in [0.717, 1.165) is 60.8 Å². The third kappa shape index (κ3) is 4.06. The SMILES string of the molecule is CC(C(=O)NC1CCC2(CC1)CN(C(=O)c1n[nH]c3cc(-c4ccccc4)ccc13)C2)n1cccn1.